The van der Waals surface area contributed by atoms with E-state index in [9.17, 15) is 0 Å². The van der Waals surface area contributed by atoms with Gasteiger partial charge in [0.05, 0.1) is 0 Å². The molecule has 0 amide bonds. The van der Waals surface area contributed by atoms with Gasteiger partial charge < -0.3 is 11.5 Å². The summed E-state index contributed by atoms with van der Waals surface area (Å²) in [5.41, 5.74) is 20.8. The first-order valence-corrected chi connectivity index (χ1v) is 8.64. The van der Waals surface area contributed by atoms with Gasteiger partial charge >= 0.3 is 0 Å². The van der Waals surface area contributed by atoms with E-state index < -0.39 is 0 Å². The van der Waals surface area contributed by atoms with Gasteiger partial charge in [0.25, 0.3) is 0 Å². The summed E-state index contributed by atoms with van der Waals surface area (Å²) in [7, 11) is 0. The average Bonchev–Trinajstić information content (AvgIpc) is 2.60. The summed E-state index contributed by atoms with van der Waals surface area (Å²) in [4.78, 5) is 0. The zero-order valence-corrected chi connectivity index (χ0v) is 15.4. The highest BCUT2D eigenvalue weighted by Crippen LogP contribution is 2.38. The molecule has 2 heteroatoms. The lowest BCUT2D eigenvalue weighted by Crippen LogP contribution is -2.21. The summed E-state index contributed by atoms with van der Waals surface area (Å²) in [6.45, 7) is 8.53. The maximum atomic E-state index is 6.37. The molecule has 0 aliphatic carbocycles. The summed E-state index contributed by atoms with van der Waals surface area (Å²) in [5, 5.41) is 0. The van der Waals surface area contributed by atoms with Crippen molar-refractivity contribution in [2.24, 2.45) is 0 Å². The molecule has 3 aromatic rings. The van der Waals surface area contributed by atoms with Crippen LogP contribution in [0.25, 0.3) is 11.1 Å². The molecular formula is C23H26N2. The molecule has 128 valence electrons. The van der Waals surface area contributed by atoms with Crippen LogP contribution in [-0.4, -0.2) is 0 Å². The third kappa shape index (κ3) is 3.00. The summed E-state index contributed by atoms with van der Waals surface area (Å²) in [6.07, 6.45) is 0. The van der Waals surface area contributed by atoms with Crippen molar-refractivity contribution in [2.75, 3.05) is 11.5 Å². The van der Waals surface area contributed by atoms with Crippen LogP contribution in [0.5, 0.6) is 0 Å². The van der Waals surface area contributed by atoms with Gasteiger partial charge in [-0.3, -0.25) is 0 Å². The molecule has 0 atom stereocenters. The van der Waals surface area contributed by atoms with Gasteiger partial charge in [0.1, 0.15) is 0 Å². The molecule has 0 radical (unpaired) electrons. The van der Waals surface area contributed by atoms with Gasteiger partial charge in [-0.15, -0.1) is 0 Å². The Bertz CT molecular complexity index is 906. The predicted octanol–water partition coefficient (Wildman–Crippen LogP) is 5.46. The van der Waals surface area contributed by atoms with Crippen LogP contribution in [0.15, 0.2) is 60.7 Å². The number of hydrogen-bond donors (Lipinski definition) is 2. The van der Waals surface area contributed by atoms with Crippen LogP contribution < -0.4 is 11.5 Å². The van der Waals surface area contributed by atoms with Crippen molar-refractivity contribution >= 4 is 11.4 Å². The minimum atomic E-state index is -0.188. The van der Waals surface area contributed by atoms with Crippen molar-refractivity contribution in [3.05, 3.63) is 82.9 Å². The molecule has 25 heavy (non-hydrogen) atoms. The predicted molar refractivity (Wildman–Crippen MR) is 109 cm³/mol. The number of aryl methyl sites for hydroxylation is 1. The van der Waals surface area contributed by atoms with Crippen molar-refractivity contribution in [3.63, 3.8) is 0 Å². The van der Waals surface area contributed by atoms with Crippen molar-refractivity contribution in [3.8, 4) is 11.1 Å². The molecule has 3 rings (SSSR count). The van der Waals surface area contributed by atoms with E-state index in [4.69, 9.17) is 11.5 Å². The zero-order chi connectivity index (χ0) is 18.2. The van der Waals surface area contributed by atoms with Gasteiger partial charge in [0, 0.05) is 16.8 Å². The fraction of sp³-hybridized carbons (Fsp3) is 0.217. The molecule has 0 fully saturated rings. The van der Waals surface area contributed by atoms with E-state index in [0.29, 0.717) is 0 Å². The van der Waals surface area contributed by atoms with Gasteiger partial charge in [-0.05, 0) is 53.3 Å². The second-order valence-electron chi connectivity index (χ2n) is 7.26. The molecule has 0 aromatic heterocycles. The standard InChI is InChI=1S/C23H26N2/c1-15-7-5-6-8-19(15)17-9-11-18(12-10-17)23(3,4)20-13-14-21(24)16(2)22(20)25/h5-14H,24-25H2,1-4H3. The van der Waals surface area contributed by atoms with Crippen LogP contribution in [0.1, 0.15) is 36.1 Å². The number of benzene rings is 3. The molecule has 0 saturated carbocycles. The SMILES string of the molecule is Cc1ccccc1-c1ccc(C(C)(C)c2ccc(N)c(C)c2N)cc1. The topological polar surface area (TPSA) is 52.0 Å². The fourth-order valence-corrected chi connectivity index (χ4v) is 3.41. The van der Waals surface area contributed by atoms with Crippen molar-refractivity contribution < 1.29 is 0 Å². The molecule has 2 nitrogen and oxygen atoms in total. The molecule has 3 aromatic carbocycles. The van der Waals surface area contributed by atoms with Crippen LogP contribution in [0.3, 0.4) is 0 Å². The van der Waals surface area contributed by atoms with Crippen LogP contribution in [0.2, 0.25) is 0 Å². The lowest BCUT2D eigenvalue weighted by atomic mass is 9.76. The number of nitrogen functional groups attached to an aromatic ring is 2. The highest BCUT2D eigenvalue weighted by atomic mass is 14.6. The smallest absolute Gasteiger partial charge is 0.0405 e. The Balaban J connectivity index is 2.02. The average molecular weight is 330 g/mol. The Morgan fingerprint density at radius 3 is 2.04 bits per heavy atom. The first kappa shape index (κ1) is 17.1. The van der Waals surface area contributed by atoms with E-state index in [1.54, 1.807) is 0 Å². The summed E-state index contributed by atoms with van der Waals surface area (Å²) < 4.78 is 0. The number of rotatable bonds is 3. The first-order valence-electron chi connectivity index (χ1n) is 8.64. The van der Waals surface area contributed by atoms with E-state index in [1.807, 2.05) is 19.1 Å². The summed E-state index contributed by atoms with van der Waals surface area (Å²) >= 11 is 0. The Kier molecular flexibility index (Phi) is 4.30. The molecule has 0 spiro atoms. The van der Waals surface area contributed by atoms with Crippen LogP contribution in [0, 0.1) is 13.8 Å². The maximum Gasteiger partial charge on any atom is 0.0405 e. The maximum absolute atomic E-state index is 6.37. The summed E-state index contributed by atoms with van der Waals surface area (Å²) in [6, 6.07) is 21.2. The third-order valence-corrected chi connectivity index (χ3v) is 5.29. The Morgan fingerprint density at radius 1 is 0.760 bits per heavy atom. The molecule has 0 bridgehead atoms. The second kappa shape index (κ2) is 6.29. The van der Waals surface area contributed by atoms with Crippen molar-refractivity contribution in [1.29, 1.82) is 0 Å². The Morgan fingerprint density at radius 2 is 1.40 bits per heavy atom. The highest BCUT2D eigenvalue weighted by molar-refractivity contribution is 5.70. The minimum absolute atomic E-state index is 0.188. The summed E-state index contributed by atoms with van der Waals surface area (Å²) in [5.74, 6) is 0. The van der Waals surface area contributed by atoms with E-state index >= 15 is 0 Å². The van der Waals surface area contributed by atoms with Crippen LogP contribution in [-0.2, 0) is 5.41 Å². The lowest BCUT2D eigenvalue weighted by Gasteiger charge is -2.29. The molecule has 4 N–H and O–H groups in total. The van der Waals surface area contributed by atoms with Gasteiger partial charge in [0.15, 0.2) is 0 Å². The Labute approximate surface area is 150 Å². The number of hydrogen-bond acceptors (Lipinski definition) is 2. The van der Waals surface area contributed by atoms with Gasteiger partial charge in [0.2, 0.25) is 0 Å². The zero-order valence-electron chi connectivity index (χ0n) is 15.4. The van der Waals surface area contributed by atoms with Crippen molar-refractivity contribution in [2.45, 2.75) is 33.1 Å². The molecule has 0 saturated heterocycles. The fourth-order valence-electron chi connectivity index (χ4n) is 3.41. The Hall–Kier alpha value is -2.74. The van der Waals surface area contributed by atoms with E-state index in [1.165, 1.54) is 22.3 Å². The molecule has 0 aliphatic rings. The largest absolute Gasteiger partial charge is 0.398 e. The minimum Gasteiger partial charge on any atom is -0.398 e. The van der Waals surface area contributed by atoms with Gasteiger partial charge in [-0.1, -0.05) is 68.4 Å². The third-order valence-electron chi connectivity index (χ3n) is 5.29. The quantitative estimate of drug-likeness (QED) is 0.626. The van der Waals surface area contributed by atoms with Crippen LogP contribution >= 0.6 is 0 Å². The van der Waals surface area contributed by atoms with Gasteiger partial charge in [-0.2, -0.15) is 0 Å². The normalized spacial score (nSPS) is 11.5. The molecular weight excluding hydrogens is 304 g/mol. The monoisotopic (exact) mass is 330 g/mol. The van der Waals surface area contributed by atoms with E-state index in [0.717, 1.165) is 22.5 Å². The second-order valence-corrected chi connectivity index (χ2v) is 7.26. The van der Waals surface area contributed by atoms with E-state index in [-0.39, 0.29) is 5.41 Å². The van der Waals surface area contributed by atoms with Crippen molar-refractivity contribution in [1.82, 2.24) is 0 Å². The number of anilines is 2. The van der Waals surface area contributed by atoms with Crippen LogP contribution in [0.4, 0.5) is 11.4 Å². The molecule has 0 heterocycles. The highest BCUT2D eigenvalue weighted by Gasteiger charge is 2.26. The molecule has 0 aliphatic heterocycles. The molecule has 0 unspecified atom stereocenters. The first-order chi connectivity index (χ1) is 11.8. The van der Waals surface area contributed by atoms with Gasteiger partial charge in [-0.25, -0.2) is 0 Å². The van der Waals surface area contributed by atoms with E-state index in [2.05, 4.69) is 69.3 Å². The lowest BCUT2D eigenvalue weighted by molar-refractivity contribution is 0.643. The number of nitrogens with two attached hydrogens (primary N) is 2.